The Bertz CT molecular complexity index is 799. The van der Waals surface area contributed by atoms with Crippen molar-refractivity contribution in [3.05, 3.63) is 59.7 Å². The summed E-state index contributed by atoms with van der Waals surface area (Å²) in [5.74, 6) is -0.257. The molecule has 1 unspecified atom stereocenters. The maximum atomic E-state index is 12.5. The third-order valence-corrected chi connectivity index (χ3v) is 4.89. The Kier molecular flexibility index (Phi) is 6.79. The molecule has 0 saturated heterocycles. The zero-order chi connectivity index (χ0) is 19.9. The third-order valence-electron chi connectivity index (χ3n) is 4.89. The van der Waals surface area contributed by atoms with E-state index in [0.29, 0.717) is 18.1 Å². The van der Waals surface area contributed by atoms with E-state index in [1.807, 2.05) is 12.1 Å². The van der Waals surface area contributed by atoms with Crippen LogP contribution in [0, 0.1) is 5.92 Å². The largest absolute Gasteiger partial charge is 0.339 e. The molecule has 0 bridgehead atoms. The van der Waals surface area contributed by atoms with E-state index in [4.69, 9.17) is 10.6 Å². The van der Waals surface area contributed by atoms with Crippen LogP contribution in [0.3, 0.4) is 0 Å². The van der Waals surface area contributed by atoms with Crippen LogP contribution in [-0.2, 0) is 16.1 Å². The molecule has 0 spiro atoms. The molecule has 148 valence electrons. The molecule has 1 fully saturated rings. The molecule has 0 radical (unpaired) electrons. The molecular formula is C22H27N3O3. The number of carbonyl (C=O) groups is 2. The van der Waals surface area contributed by atoms with Crippen molar-refractivity contribution in [3.8, 4) is 11.1 Å². The van der Waals surface area contributed by atoms with Crippen molar-refractivity contribution < 1.29 is 14.4 Å². The molecule has 6 nitrogen and oxygen atoms in total. The van der Waals surface area contributed by atoms with E-state index >= 15 is 0 Å². The second-order valence-electron chi connectivity index (χ2n) is 7.11. The van der Waals surface area contributed by atoms with Crippen molar-refractivity contribution in [2.45, 2.75) is 32.2 Å². The Morgan fingerprint density at radius 2 is 1.68 bits per heavy atom. The topological polar surface area (TPSA) is 93.5 Å². The standard InChI is InChI=1S/C22H27N3O3/c1-2-15-5-7-17(8-6-15)18-9-11-19(12-10-18)21(26)24-20(13-23)22(27)25-28-14-16-3-4-16/h5-12,16,20H,2-4,13-14,23H2,1H3,(H,24,26)(H,25,27). The van der Waals surface area contributed by atoms with Crippen molar-refractivity contribution in [1.29, 1.82) is 0 Å². The fraction of sp³-hybridized carbons (Fsp3) is 0.364. The van der Waals surface area contributed by atoms with Gasteiger partial charge in [-0.25, -0.2) is 5.48 Å². The van der Waals surface area contributed by atoms with E-state index in [1.165, 1.54) is 5.56 Å². The van der Waals surface area contributed by atoms with Gasteiger partial charge in [0.05, 0.1) is 6.61 Å². The van der Waals surface area contributed by atoms with Crippen LogP contribution in [-0.4, -0.2) is 31.0 Å². The van der Waals surface area contributed by atoms with Gasteiger partial charge in [0, 0.05) is 12.1 Å². The van der Waals surface area contributed by atoms with E-state index in [1.54, 1.807) is 12.1 Å². The fourth-order valence-electron chi connectivity index (χ4n) is 2.81. The van der Waals surface area contributed by atoms with E-state index in [-0.39, 0.29) is 12.5 Å². The Labute approximate surface area is 165 Å². The van der Waals surface area contributed by atoms with Crippen LogP contribution >= 0.6 is 0 Å². The number of hydrogen-bond acceptors (Lipinski definition) is 4. The number of amides is 2. The summed E-state index contributed by atoms with van der Waals surface area (Å²) in [6.07, 6.45) is 3.26. The van der Waals surface area contributed by atoms with Gasteiger partial charge in [-0.05, 0) is 54.0 Å². The van der Waals surface area contributed by atoms with Gasteiger partial charge in [0.2, 0.25) is 0 Å². The minimum atomic E-state index is -0.840. The number of hydroxylamine groups is 1. The quantitative estimate of drug-likeness (QED) is 0.582. The summed E-state index contributed by atoms with van der Waals surface area (Å²) < 4.78 is 0. The first kappa shape index (κ1) is 20.0. The molecule has 6 heteroatoms. The average molecular weight is 381 g/mol. The van der Waals surface area contributed by atoms with E-state index in [9.17, 15) is 9.59 Å². The first-order chi connectivity index (χ1) is 13.6. The lowest BCUT2D eigenvalue weighted by Crippen LogP contribution is -2.50. The molecule has 1 aliphatic rings. The van der Waals surface area contributed by atoms with Crippen molar-refractivity contribution >= 4 is 11.8 Å². The summed E-state index contributed by atoms with van der Waals surface area (Å²) in [5.41, 5.74) is 11.9. The first-order valence-electron chi connectivity index (χ1n) is 9.72. The highest BCUT2D eigenvalue weighted by molar-refractivity contribution is 5.97. The number of aryl methyl sites for hydroxylation is 1. The molecule has 4 N–H and O–H groups in total. The molecule has 0 aromatic heterocycles. The summed E-state index contributed by atoms with van der Waals surface area (Å²) in [6.45, 7) is 2.61. The molecule has 2 aromatic carbocycles. The average Bonchev–Trinajstić information content (AvgIpc) is 3.56. The zero-order valence-corrected chi connectivity index (χ0v) is 16.1. The Morgan fingerprint density at radius 3 is 2.21 bits per heavy atom. The fourth-order valence-corrected chi connectivity index (χ4v) is 2.81. The maximum Gasteiger partial charge on any atom is 0.267 e. The third kappa shape index (κ3) is 5.41. The number of carbonyl (C=O) groups excluding carboxylic acids is 2. The molecule has 1 atom stereocenters. The van der Waals surface area contributed by atoms with Crippen LogP contribution in [0.25, 0.3) is 11.1 Å². The number of nitrogens with two attached hydrogens (primary N) is 1. The van der Waals surface area contributed by atoms with Crippen LogP contribution < -0.4 is 16.5 Å². The lowest BCUT2D eigenvalue weighted by molar-refractivity contribution is -0.135. The van der Waals surface area contributed by atoms with Gasteiger partial charge < -0.3 is 11.1 Å². The lowest BCUT2D eigenvalue weighted by atomic mass is 10.0. The van der Waals surface area contributed by atoms with Gasteiger partial charge in [-0.3, -0.25) is 14.4 Å². The van der Waals surface area contributed by atoms with E-state index in [2.05, 4.69) is 42.0 Å². The predicted molar refractivity (Wildman–Crippen MR) is 108 cm³/mol. The molecule has 1 saturated carbocycles. The minimum Gasteiger partial charge on any atom is -0.339 e. The number of rotatable bonds is 9. The van der Waals surface area contributed by atoms with Gasteiger partial charge >= 0.3 is 0 Å². The van der Waals surface area contributed by atoms with Gasteiger partial charge in [0.25, 0.3) is 11.8 Å². The summed E-state index contributed by atoms with van der Waals surface area (Å²) in [7, 11) is 0. The van der Waals surface area contributed by atoms with Crippen molar-refractivity contribution in [2.24, 2.45) is 11.7 Å². The highest BCUT2D eigenvalue weighted by Crippen LogP contribution is 2.28. The lowest BCUT2D eigenvalue weighted by Gasteiger charge is -2.16. The van der Waals surface area contributed by atoms with Crippen molar-refractivity contribution in [2.75, 3.05) is 13.2 Å². The van der Waals surface area contributed by atoms with Crippen molar-refractivity contribution in [1.82, 2.24) is 10.8 Å². The molecular weight excluding hydrogens is 354 g/mol. The molecule has 3 rings (SSSR count). The SMILES string of the molecule is CCc1ccc(-c2ccc(C(=O)NC(CN)C(=O)NOCC3CC3)cc2)cc1. The van der Waals surface area contributed by atoms with Crippen LogP contribution in [0.1, 0.15) is 35.7 Å². The van der Waals surface area contributed by atoms with Crippen LogP contribution in [0.15, 0.2) is 48.5 Å². The van der Waals surface area contributed by atoms with Crippen LogP contribution in [0.4, 0.5) is 0 Å². The van der Waals surface area contributed by atoms with E-state index < -0.39 is 11.9 Å². The summed E-state index contributed by atoms with van der Waals surface area (Å²) in [6, 6.07) is 14.8. The van der Waals surface area contributed by atoms with Gasteiger partial charge in [0.1, 0.15) is 6.04 Å². The second kappa shape index (κ2) is 9.48. The van der Waals surface area contributed by atoms with Gasteiger partial charge in [-0.2, -0.15) is 0 Å². The number of benzene rings is 2. The molecule has 0 aliphatic heterocycles. The number of nitrogens with one attached hydrogen (secondary N) is 2. The van der Waals surface area contributed by atoms with Gasteiger partial charge in [-0.1, -0.05) is 43.3 Å². The smallest absolute Gasteiger partial charge is 0.267 e. The van der Waals surface area contributed by atoms with Crippen LogP contribution in [0.2, 0.25) is 0 Å². The normalized spacial score (nSPS) is 14.4. The highest BCUT2D eigenvalue weighted by Gasteiger charge is 2.24. The summed E-state index contributed by atoms with van der Waals surface area (Å²) in [5, 5.41) is 2.65. The molecule has 28 heavy (non-hydrogen) atoms. The first-order valence-corrected chi connectivity index (χ1v) is 9.72. The predicted octanol–water partition coefficient (Wildman–Crippen LogP) is 2.43. The Morgan fingerprint density at radius 1 is 1.07 bits per heavy atom. The summed E-state index contributed by atoms with van der Waals surface area (Å²) in [4.78, 5) is 29.7. The maximum absolute atomic E-state index is 12.5. The van der Waals surface area contributed by atoms with E-state index in [0.717, 1.165) is 30.4 Å². The molecule has 1 aliphatic carbocycles. The monoisotopic (exact) mass is 381 g/mol. The molecule has 2 aromatic rings. The van der Waals surface area contributed by atoms with Gasteiger partial charge in [0.15, 0.2) is 0 Å². The summed E-state index contributed by atoms with van der Waals surface area (Å²) >= 11 is 0. The van der Waals surface area contributed by atoms with Crippen LogP contribution in [0.5, 0.6) is 0 Å². The van der Waals surface area contributed by atoms with Gasteiger partial charge in [-0.15, -0.1) is 0 Å². The highest BCUT2D eigenvalue weighted by atomic mass is 16.7. The number of hydrogen-bond donors (Lipinski definition) is 3. The Balaban J connectivity index is 1.56. The minimum absolute atomic E-state index is 0.00772. The zero-order valence-electron chi connectivity index (χ0n) is 16.1. The molecule has 0 heterocycles. The van der Waals surface area contributed by atoms with Crippen molar-refractivity contribution in [3.63, 3.8) is 0 Å². The second-order valence-corrected chi connectivity index (χ2v) is 7.11. The Hall–Kier alpha value is -2.70. The molecule has 2 amide bonds.